The summed E-state index contributed by atoms with van der Waals surface area (Å²) in [6.45, 7) is 1.91. The fraction of sp³-hybridized carbons (Fsp3) is 0.189. The molecule has 216 valence electrons. The third-order valence-electron chi connectivity index (χ3n) is 7.69. The maximum Gasteiger partial charge on any atom is 0.262 e. The number of rotatable bonds is 10. The van der Waals surface area contributed by atoms with Crippen LogP contribution in [0.1, 0.15) is 27.6 Å². The molecule has 2 aromatic heterocycles. The van der Waals surface area contributed by atoms with E-state index in [-0.39, 0.29) is 0 Å². The fourth-order valence-corrected chi connectivity index (χ4v) is 7.49. The summed E-state index contributed by atoms with van der Waals surface area (Å²) in [4.78, 5) is 4.26. The first-order valence-corrected chi connectivity index (χ1v) is 16.3. The Bertz CT molecular complexity index is 1750. The maximum absolute atomic E-state index is 2.49. The largest absolute Gasteiger partial charge is 0.378 e. The number of para-hydroxylation sites is 2. The summed E-state index contributed by atoms with van der Waals surface area (Å²) in [5, 5.41) is 2.55. The minimum Gasteiger partial charge on any atom is -0.378 e. The van der Waals surface area contributed by atoms with Gasteiger partial charge in [-0.2, -0.15) is 9.13 Å². The average Bonchev–Trinajstić information content (AvgIpc) is 3.57. The minimum absolute atomic E-state index is 0.954. The van der Waals surface area contributed by atoms with Gasteiger partial charge >= 0.3 is 0 Å². The van der Waals surface area contributed by atoms with Crippen molar-refractivity contribution in [1.82, 2.24) is 0 Å². The second-order valence-electron chi connectivity index (χ2n) is 11.1. The van der Waals surface area contributed by atoms with Crippen molar-refractivity contribution in [2.45, 2.75) is 19.5 Å². The molecule has 0 bridgehead atoms. The SMILES string of the molecule is CN(C)c1ccc(/C=C/c2sc3ccccc3[n+]2CCC[n+]2c(/C=C/c3ccc(N(C)C)cc3)sc3ccccc32)cc1. The zero-order valence-electron chi connectivity index (χ0n) is 25.3. The Kier molecular flexibility index (Phi) is 8.68. The molecule has 0 N–H and O–H groups in total. The Hall–Kier alpha value is -4.26. The second-order valence-corrected chi connectivity index (χ2v) is 13.2. The Morgan fingerprint density at radius 1 is 0.512 bits per heavy atom. The van der Waals surface area contributed by atoms with Gasteiger partial charge in [0.05, 0.1) is 6.42 Å². The fourth-order valence-electron chi connectivity index (χ4n) is 5.30. The average molecular weight is 603 g/mol. The van der Waals surface area contributed by atoms with Crippen molar-refractivity contribution in [3.05, 3.63) is 118 Å². The van der Waals surface area contributed by atoms with Crippen LogP contribution in [0.3, 0.4) is 0 Å². The number of fused-ring (bicyclic) bond motifs is 2. The van der Waals surface area contributed by atoms with E-state index in [4.69, 9.17) is 0 Å². The van der Waals surface area contributed by atoms with Gasteiger partial charge < -0.3 is 9.80 Å². The number of nitrogens with zero attached hydrogens (tertiary/aromatic N) is 4. The van der Waals surface area contributed by atoms with Crippen LogP contribution >= 0.6 is 22.7 Å². The molecule has 6 rings (SSSR count). The van der Waals surface area contributed by atoms with Crippen LogP contribution in [0.2, 0.25) is 0 Å². The molecule has 0 atom stereocenters. The number of aryl methyl sites for hydroxylation is 2. The van der Waals surface area contributed by atoms with Crippen molar-refractivity contribution in [2.75, 3.05) is 38.0 Å². The van der Waals surface area contributed by atoms with Crippen LogP contribution in [0.15, 0.2) is 97.1 Å². The first kappa shape index (κ1) is 28.8. The van der Waals surface area contributed by atoms with E-state index in [1.54, 1.807) is 0 Å². The maximum atomic E-state index is 2.49. The number of thiazole rings is 2. The van der Waals surface area contributed by atoms with E-state index < -0.39 is 0 Å². The van der Waals surface area contributed by atoms with Crippen LogP contribution in [-0.4, -0.2) is 28.2 Å². The summed E-state index contributed by atoms with van der Waals surface area (Å²) >= 11 is 3.72. The summed E-state index contributed by atoms with van der Waals surface area (Å²) in [6, 6.07) is 35.0. The number of hydrogen-bond acceptors (Lipinski definition) is 4. The number of benzene rings is 4. The molecule has 4 nitrogen and oxygen atoms in total. The third-order valence-corrected chi connectivity index (χ3v) is 9.95. The highest BCUT2D eigenvalue weighted by Crippen LogP contribution is 2.25. The summed E-state index contributed by atoms with van der Waals surface area (Å²) in [6.07, 6.45) is 10.1. The summed E-state index contributed by atoms with van der Waals surface area (Å²) in [7, 11) is 8.30. The first-order valence-electron chi connectivity index (χ1n) is 14.7. The van der Waals surface area contributed by atoms with Gasteiger partial charge in [0, 0.05) is 63.9 Å². The van der Waals surface area contributed by atoms with E-state index in [9.17, 15) is 0 Å². The van der Waals surface area contributed by atoms with Crippen molar-refractivity contribution >= 4 is 78.8 Å². The van der Waals surface area contributed by atoms with E-state index >= 15 is 0 Å². The standard InChI is InChI=1S/C37H38N4S2/c1-38(2)30-20-14-28(15-21-30)18-24-36-40(32-10-5-7-12-34(32)42-36)26-9-27-41-33-11-6-8-13-35(33)43-37(41)25-19-29-16-22-31(23-17-29)39(3)4/h5-8,10-25H,9,26-27H2,1-4H3/q+2. The van der Waals surface area contributed by atoms with Gasteiger partial charge in [-0.25, -0.2) is 0 Å². The van der Waals surface area contributed by atoms with Gasteiger partial charge in [-0.3, -0.25) is 0 Å². The highest BCUT2D eigenvalue weighted by Gasteiger charge is 2.22. The Morgan fingerprint density at radius 3 is 1.30 bits per heavy atom. The molecule has 6 aromatic rings. The highest BCUT2D eigenvalue weighted by molar-refractivity contribution is 7.19. The number of hydrogen-bond donors (Lipinski definition) is 0. The van der Waals surface area contributed by atoms with Crippen LogP contribution in [0.5, 0.6) is 0 Å². The van der Waals surface area contributed by atoms with Crippen LogP contribution in [0.25, 0.3) is 44.7 Å². The molecule has 0 radical (unpaired) electrons. The lowest BCUT2D eigenvalue weighted by molar-refractivity contribution is -0.699. The van der Waals surface area contributed by atoms with E-state index in [0.29, 0.717) is 0 Å². The van der Waals surface area contributed by atoms with Crippen LogP contribution in [0, 0.1) is 0 Å². The molecule has 0 aliphatic rings. The Morgan fingerprint density at radius 2 is 0.907 bits per heavy atom. The van der Waals surface area contributed by atoms with Gasteiger partial charge in [0.1, 0.15) is 9.40 Å². The molecule has 0 unspecified atom stereocenters. The molecule has 0 fully saturated rings. The lowest BCUT2D eigenvalue weighted by atomic mass is 10.2. The topological polar surface area (TPSA) is 14.2 Å². The molecule has 6 heteroatoms. The predicted octanol–water partition coefficient (Wildman–Crippen LogP) is 8.25. The number of aromatic nitrogens is 2. The zero-order valence-corrected chi connectivity index (χ0v) is 26.9. The molecular weight excluding hydrogens is 565 g/mol. The van der Waals surface area contributed by atoms with Crippen LogP contribution in [0.4, 0.5) is 11.4 Å². The Balaban J connectivity index is 1.24. The normalized spacial score (nSPS) is 11.8. The van der Waals surface area contributed by atoms with Gasteiger partial charge in [0.2, 0.25) is 11.0 Å². The molecule has 0 spiro atoms. The second kappa shape index (κ2) is 12.9. The molecule has 2 heterocycles. The van der Waals surface area contributed by atoms with Gasteiger partial charge in [-0.15, -0.1) is 0 Å². The van der Waals surface area contributed by atoms with Crippen LogP contribution in [-0.2, 0) is 13.1 Å². The van der Waals surface area contributed by atoms with Gasteiger partial charge in [0.25, 0.3) is 10.0 Å². The van der Waals surface area contributed by atoms with E-state index in [1.165, 1.54) is 53.0 Å². The summed E-state index contributed by atoms with van der Waals surface area (Å²) in [5.74, 6) is 0. The molecule has 0 aliphatic heterocycles. The quantitative estimate of drug-likeness (QED) is 0.147. The summed E-state index contributed by atoms with van der Waals surface area (Å²) in [5.41, 5.74) is 7.45. The van der Waals surface area contributed by atoms with Crippen LogP contribution < -0.4 is 18.9 Å². The van der Waals surface area contributed by atoms with Gasteiger partial charge in [-0.05, 0) is 59.7 Å². The molecule has 43 heavy (non-hydrogen) atoms. The van der Waals surface area contributed by atoms with Gasteiger partial charge in [0.15, 0.2) is 13.1 Å². The monoisotopic (exact) mass is 602 g/mol. The van der Waals surface area contributed by atoms with Crippen molar-refractivity contribution in [2.24, 2.45) is 0 Å². The van der Waals surface area contributed by atoms with Crippen molar-refractivity contribution in [3.63, 3.8) is 0 Å². The smallest absolute Gasteiger partial charge is 0.262 e. The molecule has 4 aromatic carbocycles. The predicted molar refractivity (Wildman–Crippen MR) is 188 cm³/mol. The lowest BCUT2D eigenvalue weighted by Crippen LogP contribution is -2.40. The highest BCUT2D eigenvalue weighted by atomic mass is 32.1. The first-order chi connectivity index (χ1) is 21.0. The van der Waals surface area contributed by atoms with Crippen molar-refractivity contribution < 1.29 is 9.13 Å². The van der Waals surface area contributed by atoms with E-state index in [0.717, 1.165) is 19.5 Å². The third kappa shape index (κ3) is 6.56. The minimum atomic E-state index is 0.954. The molecule has 0 saturated heterocycles. The van der Waals surface area contributed by atoms with E-state index in [1.807, 2.05) is 22.7 Å². The van der Waals surface area contributed by atoms with E-state index in [2.05, 4.69) is 168 Å². The molecule has 0 saturated carbocycles. The number of anilines is 2. The zero-order chi connectivity index (χ0) is 29.8. The van der Waals surface area contributed by atoms with Gasteiger partial charge in [-0.1, -0.05) is 71.2 Å². The molecule has 0 aliphatic carbocycles. The molecular formula is C37H38N4S2+2. The van der Waals surface area contributed by atoms with Crippen molar-refractivity contribution in [1.29, 1.82) is 0 Å². The lowest BCUT2D eigenvalue weighted by Gasteiger charge is -2.11. The summed E-state index contributed by atoms with van der Waals surface area (Å²) < 4.78 is 7.62. The molecule has 0 amide bonds. The van der Waals surface area contributed by atoms with Crippen molar-refractivity contribution in [3.8, 4) is 0 Å². The Labute approximate surface area is 262 Å².